The summed E-state index contributed by atoms with van der Waals surface area (Å²) in [6.45, 7) is 1.37. The van der Waals surface area contributed by atoms with Crippen molar-refractivity contribution in [2.75, 3.05) is 12.3 Å². The molecule has 2 heterocycles. The molecule has 12 heteroatoms. The number of nitrogens with zero attached hydrogens (tertiary/aromatic N) is 5. The largest absolute Gasteiger partial charge is 0.462 e. The van der Waals surface area contributed by atoms with Gasteiger partial charge in [0.15, 0.2) is 6.23 Å². The first kappa shape index (κ1) is 20.6. The molecular formula is C15H22N6O6. The van der Waals surface area contributed by atoms with E-state index in [4.69, 9.17) is 20.7 Å². The summed E-state index contributed by atoms with van der Waals surface area (Å²) < 4.78 is 11.4. The van der Waals surface area contributed by atoms with E-state index in [1.54, 1.807) is 0 Å². The Hall–Kier alpha value is -2.66. The van der Waals surface area contributed by atoms with Crippen molar-refractivity contribution in [3.05, 3.63) is 33.2 Å². The van der Waals surface area contributed by atoms with Crippen LogP contribution in [-0.2, 0) is 14.3 Å². The topological polar surface area (TPSA) is 186 Å². The van der Waals surface area contributed by atoms with Crippen LogP contribution in [0, 0.1) is 0 Å². The Labute approximate surface area is 154 Å². The van der Waals surface area contributed by atoms with E-state index in [0.29, 0.717) is 6.42 Å². The molecule has 1 aliphatic heterocycles. The lowest BCUT2D eigenvalue weighted by Gasteiger charge is -2.26. The third kappa shape index (κ3) is 4.55. The molecule has 27 heavy (non-hydrogen) atoms. The highest BCUT2D eigenvalue weighted by molar-refractivity contribution is 5.69. The molecule has 4 N–H and O–H groups in total. The fourth-order valence-electron chi connectivity index (χ4n) is 2.69. The molecule has 1 aromatic rings. The lowest BCUT2D eigenvalue weighted by atomic mass is 10.1. The normalized spacial score (nSPS) is 27.1. The summed E-state index contributed by atoms with van der Waals surface area (Å²) >= 11 is 0. The van der Waals surface area contributed by atoms with E-state index < -0.39 is 42.4 Å². The second-order valence-corrected chi connectivity index (χ2v) is 6.14. The number of nitrogen functional groups attached to an aromatic ring is 1. The predicted molar refractivity (Wildman–Crippen MR) is 92.0 cm³/mol. The molecule has 148 valence electrons. The summed E-state index contributed by atoms with van der Waals surface area (Å²) in [5, 5.41) is 24.0. The number of aromatic nitrogens is 2. The summed E-state index contributed by atoms with van der Waals surface area (Å²) in [7, 11) is 0. The summed E-state index contributed by atoms with van der Waals surface area (Å²) in [6, 6.07) is 1.30. The molecule has 0 saturated carbocycles. The van der Waals surface area contributed by atoms with Crippen LogP contribution in [-0.4, -0.2) is 50.3 Å². The van der Waals surface area contributed by atoms with Crippen LogP contribution >= 0.6 is 0 Å². The van der Waals surface area contributed by atoms with Crippen molar-refractivity contribution >= 4 is 11.8 Å². The first-order valence-electron chi connectivity index (χ1n) is 8.45. The van der Waals surface area contributed by atoms with Gasteiger partial charge in [0.2, 0.25) is 5.72 Å². The van der Waals surface area contributed by atoms with Crippen molar-refractivity contribution in [3.8, 4) is 0 Å². The van der Waals surface area contributed by atoms with Crippen LogP contribution in [0.15, 0.2) is 22.2 Å². The van der Waals surface area contributed by atoms with Crippen molar-refractivity contribution in [1.29, 1.82) is 0 Å². The Morgan fingerprint density at radius 2 is 2.30 bits per heavy atom. The summed E-state index contributed by atoms with van der Waals surface area (Å²) in [5.74, 6) is -0.595. The first-order valence-corrected chi connectivity index (χ1v) is 8.45. The number of aliphatic hydroxyl groups excluding tert-OH is 2. The molecule has 0 aliphatic carbocycles. The van der Waals surface area contributed by atoms with Crippen LogP contribution in [0.1, 0.15) is 38.8 Å². The number of aliphatic hydroxyl groups is 2. The molecule has 2 rings (SSSR count). The van der Waals surface area contributed by atoms with E-state index >= 15 is 0 Å². The van der Waals surface area contributed by atoms with Crippen LogP contribution in [0.3, 0.4) is 0 Å². The third-order valence-electron chi connectivity index (χ3n) is 4.17. The number of ether oxygens (including phenoxy) is 2. The van der Waals surface area contributed by atoms with Gasteiger partial charge in [0.05, 0.1) is 0 Å². The number of carbonyl (C=O) groups is 1. The number of esters is 1. The minimum atomic E-state index is -2.08. The molecule has 0 unspecified atom stereocenters. The second-order valence-electron chi connectivity index (χ2n) is 6.14. The van der Waals surface area contributed by atoms with Gasteiger partial charge in [-0.25, -0.2) is 4.79 Å². The van der Waals surface area contributed by atoms with Crippen LogP contribution < -0.4 is 11.4 Å². The average Bonchev–Trinajstić information content (AvgIpc) is 2.86. The quantitative estimate of drug-likeness (QED) is 0.187. The Balaban J connectivity index is 2.19. The number of hydrogen-bond acceptors (Lipinski definition) is 9. The van der Waals surface area contributed by atoms with Crippen LogP contribution in [0.4, 0.5) is 5.82 Å². The Morgan fingerprint density at radius 1 is 1.56 bits per heavy atom. The van der Waals surface area contributed by atoms with Gasteiger partial charge in [0.1, 0.15) is 24.6 Å². The first-order chi connectivity index (χ1) is 12.8. The zero-order valence-corrected chi connectivity index (χ0v) is 14.8. The number of rotatable bonds is 8. The minimum absolute atomic E-state index is 0.0356. The van der Waals surface area contributed by atoms with Gasteiger partial charge in [-0.05, 0) is 18.0 Å². The standard InChI is InChI=1S/C15H22N6O6/c1-2-3-4-5-10(22)26-8-15(19-20-17)12(24)11(23)13(27-15)21-7-6-9(16)18-14(21)25/h6-7,11-13,23-24H,2-5,8H2,1H3,(H2,16,18,25)/t11-,12+,13-,15-/m1/s1. The Bertz CT molecular complexity index is 778. The maximum Gasteiger partial charge on any atom is 0.351 e. The zero-order chi connectivity index (χ0) is 20.0. The number of nitrogens with two attached hydrogens (primary N) is 1. The van der Waals surface area contributed by atoms with Gasteiger partial charge in [-0.15, -0.1) is 0 Å². The molecule has 0 bridgehead atoms. The fraction of sp³-hybridized carbons (Fsp3) is 0.667. The van der Waals surface area contributed by atoms with Crippen LogP contribution in [0.5, 0.6) is 0 Å². The van der Waals surface area contributed by atoms with Crippen molar-refractivity contribution in [1.82, 2.24) is 9.55 Å². The van der Waals surface area contributed by atoms with Crippen LogP contribution in [0.25, 0.3) is 10.4 Å². The zero-order valence-electron chi connectivity index (χ0n) is 14.8. The van der Waals surface area contributed by atoms with Crippen molar-refractivity contribution in [2.24, 2.45) is 5.11 Å². The van der Waals surface area contributed by atoms with Gasteiger partial charge in [0.25, 0.3) is 0 Å². The monoisotopic (exact) mass is 382 g/mol. The maximum absolute atomic E-state index is 12.0. The van der Waals surface area contributed by atoms with Gasteiger partial charge in [0, 0.05) is 17.5 Å². The fourth-order valence-corrected chi connectivity index (χ4v) is 2.69. The minimum Gasteiger partial charge on any atom is -0.462 e. The SMILES string of the molecule is CCCCCC(=O)OC[C@@]1(N=[N+]=[N-])O[C@@H](n2ccc(N)nc2=O)[C@H](O)[C@@H]1O. The van der Waals surface area contributed by atoms with Gasteiger partial charge >= 0.3 is 11.7 Å². The predicted octanol–water partition coefficient (Wildman–Crippen LogP) is 0.206. The molecule has 0 amide bonds. The number of unbranched alkanes of at least 4 members (excludes halogenated alkanes) is 2. The summed E-state index contributed by atoms with van der Waals surface area (Å²) in [6.07, 6.45) is -1.02. The number of hydrogen-bond donors (Lipinski definition) is 3. The van der Waals surface area contributed by atoms with Gasteiger partial charge < -0.3 is 25.4 Å². The second kappa shape index (κ2) is 8.82. The van der Waals surface area contributed by atoms with Crippen molar-refractivity contribution in [3.63, 3.8) is 0 Å². The molecule has 12 nitrogen and oxygen atoms in total. The highest BCUT2D eigenvalue weighted by Gasteiger charge is 2.56. The molecule has 0 aromatic carbocycles. The maximum atomic E-state index is 12.0. The van der Waals surface area contributed by atoms with E-state index in [9.17, 15) is 19.8 Å². The van der Waals surface area contributed by atoms with Crippen LogP contribution in [0.2, 0.25) is 0 Å². The number of carbonyl (C=O) groups excluding carboxylic acids is 1. The molecule has 1 aliphatic rings. The highest BCUT2D eigenvalue weighted by Crippen LogP contribution is 2.38. The number of azide groups is 1. The molecule has 1 fully saturated rings. The van der Waals surface area contributed by atoms with Crippen molar-refractivity contribution in [2.45, 2.75) is 56.8 Å². The third-order valence-corrected chi connectivity index (χ3v) is 4.17. The number of anilines is 1. The van der Waals surface area contributed by atoms with E-state index in [-0.39, 0.29) is 12.2 Å². The Morgan fingerprint density at radius 3 is 2.93 bits per heavy atom. The molecule has 1 aromatic heterocycles. The smallest absolute Gasteiger partial charge is 0.351 e. The molecule has 4 atom stereocenters. The van der Waals surface area contributed by atoms with Gasteiger partial charge in [-0.3, -0.25) is 9.36 Å². The average molecular weight is 382 g/mol. The van der Waals surface area contributed by atoms with Gasteiger partial charge in [-0.1, -0.05) is 24.9 Å². The van der Waals surface area contributed by atoms with Crippen molar-refractivity contribution < 1.29 is 24.5 Å². The lowest BCUT2D eigenvalue weighted by molar-refractivity contribution is -0.165. The van der Waals surface area contributed by atoms with E-state index in [1.807, 2.05) is 6.92 Å². The van der Waals surface area contributed by atoms with E-state index in [0.717, 1.165) is 17.4 Å². The Kier molecular flexibility index (Phi) is 6.75. The summed E-state index contributed by atoms with van der Waals surface area (Å²) in [5.41, 5.74) is 11.3. The molecule has 0 radical (unpaired) electrons. The lowest BCUT2D eigenvalue weighted by Crippen LogP contribution is -2.45. The van der Waals surface area contributed by atoms with Gasteiger partial charge in [-0.2, -0.15) is 4.98 Å². The summed E-state index contributed by atoms with van der Waals surface area (Å²) in [4.78, 5) is 29.9. The molecular weight excluding hydrogens is 360 g/mol. The van der Waals surface area contributed by atoms with E-state index in [1.165, 1.54) is 12.3 Å². The van der Waals surface area contributed by atoms with E-state index in [2.05, 4.69) is 15.0 Å². The molecule has 0 spiro atoms. The highest BCUT2D eigenvalue weighted by atomic mass is 16.6. The molecule has 1 saturated heterocycles.